The van der Waals surface area contributed by atoms with Crippen molar-refractivity contribution >= 4 is 16.3 Å². The molecule has 0 aliphatic carbocycles. The Kier molecular flexibility index (Phi) is 5.52. The third-order valence-corrected chi connectivity index (χ3v) is 5.53. The monoisotopic (exact) mass is 309 g/mol. The van der Waals surface area contributed by atoms with Crippen molar-refractivity contribution in [1.29, 1.82) is 0 Å². The number of hydrogen-bond acceptors (Lipinski definition) is 3. The summed E-state index contributed by atoms with van der Waals surface area (Å²) in [5, 5.41) is 0. The lowest BCUT2D eigenvalue weighted by Crippen LogP contribution is -2.51. The SMILES string of the molecule is CN(C)S(=O)(=O)N1CCN(C/C=C/c2ccccc2)CC1. The second-order valence-electron chi connectivity index (χ2n) is 5.30. The maximum absolute atomic E-state index is 12.0. The van der Waals surface area contributed by atoms with Crippen LogP contribution in [0.25, 0.3) is 6.08 Å². The largest absolute Gasteiger partial charge is 0.297 e. The van der Waals surface area contributed by atoms with E-state index in [0.717, 1.165) is 19.6 Å². The molecule has 21 heavy (non-hydrogen) atoms. The first-order valence-corrected chi connectivity index (χ1v) is 8.51. The number of benzene rings is 1. The lowest BCUT2D eigenvalue weighted by atomic mass is 10.2. The van der Waals surface area contributed by atoms with Crippen LogP contribution in [0.3, 0.4) is 0 Å². The van der Waals surface area contributed by atoms with Gasteiger partial charge in [-0.1, -0.05) is 42.5 Å². The molecule has 1 fully saturated rings. The fraction of sp³-hybridized carbons (Fsp3) is 0.467. The van der Waals surface area contributed by atoms with E-state index in [4.69, 9.17) is 0 Å². The van der Waals surface area contributed by atoms with E-state index >= 15 is 0 Å². The van der Waals surface area contributed by atoms with Crippen LogP contribution in [0.5, 0.6) is 0 Å². The van der Waals surface area contributed by atoms with Gasteiger partial charge >= 0.3 is 0 Å². The molecule has 0 saturated carbocycles. The van der Waals surface area contributed by atoms with Crippen LogP contribution >= 0.6 is 0 Å². The Morgan fingerprint density at radius 2 is 1.71 bits per heavy atom. The minimum absolute atomic E-state index is 0.555. The molecule has 116 valence electrons. The highest BCUT2D eigenvalue weighted by Crippen LogP contribution is 2.10. The molecule has 0 radical (unpaired) electrons. The molecule has 1 aliphatic heterocycles. The molecular weight excluding hydrogens is 286 g/mol. The first-order valence-electron chi connectivity index (χ1n) is 7.11. The third-order valence-electron chi connectivity index (χ3n) is 3.59. The average molecular weight is 309 g/mol. The van der Waals surface area contributed by atoms with Gasteiger partial charge in [0, 0.05) is 46.8 Å². The Hall–Kier alpha value is -1.21. The van der Waals surface area contributed by atoms with E-state index in [1.54, 1.807) is 18.4 Å². The standard InChI is InChI=1S/C15H23N3O2S/c1-16(2)21(19,20)18-13-11-17(12-14-18)10-6-9-15-7-4-3-5-8-15/h3-9H,10-14H2,1-2H3/b9-6+. The number of hydrogen-bond donors (Lipinski definition) is 0. The Balaban J connectivity index is 1.81. The van der Waals surface area contributed by atoms with Gasteiger partial charge in [-0.25, -0.2) is 0 Å². The van der Waals surface area contributed by atoms with E-state index in [0.29, 0.717) is 13.1 Å². The summed E-state index contributed by atoms with van der Waals surface area (Å²) in [6.45, 7) is 3.50. The fourth-order valence-electron chi connectivity index (χ4n) is 2.28. The molecule has 0 unspecified atom stereocenters. The van der Waals surface area contributed by atoms with E-state index in [-0.39, 0.29) is 0 Å². The molecule has 0 amide bonds. The van der Waals surface area contributed by atoms with Gasteiger partial charge < -0.3 is 0 Å². The van der Waals surface area contributed by atoms with E-state index < -0.39 is 10.2 Å². The lowest BCUT2D eigenvalue weighted by molar-refractivity contribution is 0.199. The van der Waals surface area contributed by atoms with Gasteiger partial charge in [0.05, 0.1) is 0 Å². The Morgan fingerprint density at radius 3 is 2.29 bits per heavy atom. The molecular formula is C15H23N3O2S. The molecule has 1 aliphatic rings. The highest BCUT2D eigenvalue weighted by Gasteiger charge is 2.27. The van der Waals surface area contributed by atoms with Crippen LogP contribution in [-0.2, 0) is 10.2 Å². The first kappa shape index (κ1) is 16.2. The topological polar surface area (TPSA) is 43.9 Å². The van der Waals surface area contributed by atoms with Crippen molar-refractivity contribution in [2.24, 2.45) is 0 Å². The number of nitrogens with zero attached hydrogens (tertiary/aromatic N) is 3. The highest BCUT2D eigenvalue weighted by atomic mass is 32.2. The Bertz CT molecular complexity index is 562. The van der Waals surface area contributed by atoms with Crippen molar-refractivity contribution in [3.63, 3.8) is 0 Å². The second-order valence-corrected chi connectivity index (χ2v) is 7.45. The van der Waals surface area contributed by atoms with Crippen molar-refractivity contribution in [3.05, 3.63) is 42.0 Å². The summed E-state index contributed by atoms with van der Waals surface area (Å²) in [5.41, 5.74) is 1.19. The predicted molar refractivity (Wildman–Crippen MR) is 86.1 cm³/mol. The summed E-state index contributed by atoms with van der Waals surface area (Å²) in [7, 11) is -0.117. The van der Waals surface area contributed by atoms with E-state index in [9.17, 15) is 8.42 Å². The van der Waals surface area contributed by atoms with Crippen molar-refractivity contribution in [3.8, 4) is 0 Å². The predicted octanol–water partition coefficient (Wildman–Crippen LogP) is 1.12. The van der Waals surface area contributed by atoms with E-state index in [2.05, 4.69) is 29.2 Å². The minimum Gasteiger partial charge on any atom is -0.297 e. The normalized spacial score (nSPS) is 18.6. The molecule has 1 aromatic carbocycles. The quantitative estimate of drug-likeness (QED) is 0.819. The van der Waals surface area contributed by atoms with Crippen LogP contribution < -0.4 is 0 Å². The summed E-state index contributed by atoms with van der Waals surface area (Å²) in [4.78, 5) is 2.26. The van der Waals surface area contributed by atoms with Gasteiger partial charge in [0.25, 0.3) is 10.2 Å². The molecule has 2 rings (SSSR count). The molecule has 1 heterocycles. The van der Waals surface area contributed by atoms with Crippen LogP contribution in [0.2, 0.25) is 0 Å². The molecule has 0 bridgehead atoms. The zero-order chi connectivity index (χ0) is 15.3. The molecule has 1 saturated heterocycles. The van der Waals surface area contributed by atoms with Crippen LogP contribution in [0, 0.1) is 0 Å². The van der Waals surface area contributed by atoms with E-state index in [1.165, 1.54) is 9.87 Å². The van der Waals surface area contributed by atoms with Crippen LogP contribution in [0.15, 0.2) is 36.4 Å². The average Bonchev–Trinajstić information content (AvgIpc) is 2.49. The molecule has 0 N–H and O–H groups in total. The van der Waals surface area contributed by atoms with Gasteiger partial charge in [-0.05, 0) is 5.56 Å². The van der Waals surface area contributed by atoms with Crippen molar-refractivity contribution < 1.29 is 8.42 Å². The molecule has 0 atom stereocenters. The third kappa shape index (κ3) is 4.38. The first-order chi connectivity index (χ1) is 10.00. The van der Waals surface area contributed by atoms with Crippen molar-refractivity contribution in [1.82, 2.24) is 13.5 Å². The van der Waals surface area contributed by atoms with Gasteiger partial charge in [-0.3, -0.25) is 4.90 Å². The lowest BCUT2D eigenvalue weighted by Gasteiger charge is -2.34. The summed E-state index contributed by atoms with van der Waals surface area (Å²) in [6.07, 6.45) is 4.23. The van der Waals surface area contributed by atoms with Gasteiger partial charge in [-0.15, -0.1) is 0 Å². The molecule has 5 nitrogen and oxygen atoms in total. The molecule has 6 heteroatoms. The zero-order valence-corrected chi connectivity index (χ0v) is 13.5. The van der Waals surface area contributed by atoms with Gasteiger partial charge in [-0.2, -0.15) is 17.0 Å². The summed E-state index contributed by atoms with van der Waals surface area (Å²) < 4.78 is 26.8. The van der Waals surface area contributed by atoms with Crippen molar-refractivity contribution in [2.45, 2.75) is 0 Å². The summed E-state index contributed by atoms with van der Waals surface area (Å²) in [6, 6.07) is 10.2. The van der Waals surface area contributed by atoms with Gasteiger partial charge in [0.15, 0.2) is 0 Å². The smallest absolute Gasteiger partial charge is 0.281 e. The van der Waals surface area contributed by atoms with E-state index in [1.807, 2.05) is 18.2 Å². The molecule has 0 spiro atoms. The van der Waals surface area contributed by atoms with Gasteiger partial charge in [0.2, 0.25) is 0 Å². The minimum atomic E-state index is -3.26. The van der Waals surface area contributed by atoms with Gasteiger partial charge in [0.1, 0.15) is 0 Å². The summed E-state index contributed by atoms with van der Waals surface area (Å²) >= 11 is 0. The Morgan fingerprint density at radius 1 is 1.10 bits per heavy atom. The van der Waals surface area contributed by atoms with Crippen LogP contribution in [0.1, 0.15) is 5.56 Å². The number of rotatable bonds is 5. The zero-order valence-electron chi connectivity index (χ0n) is 12.6. The molecule has 0 aromatic heterocycles. The maximum atomic E-state index is 12.0. The second kappa shape index (κ2) is 7.17. The number of piperazine rings is 1. The maximum Gasteiger partial charge on any atom is 0.281 e. The van der Waals surface area contributed by atoms with Crippen molar-refractivity contribution in [2.75, 3.05) is 46.8 Å². The Labute approximate surface area is 127 Å². The van der Waals surface area contributed by atoms with Crippen LogP contribution in [0.4, 0.5) is 0 Å². The molecule has 1 aromatic rings. The fourth-order valence-corrected chi connectivity index (χ4v) is 3.36. The summed E-state index contributed by atoms with van der Waals surface area (Å²) in [5.74, 6) is 0. The highest BCUT2D eigenvalue weighted by molar-refractivity contribution is 7.86. The van der Waals surface area contributed by atoms with Crippen LogP contribution in [-0.4, -0.2) is 68.7 Å².